The van der Waals surface area contributed by atoms with Crippen LogP contribution >= 0.6 is 0 Å². The molecule has 1 aromatic carbocycles. The first-order valence-corrected chi connectivity index (χ1v) is 8.62. The molecule has 5 heteroatoms. The quantitative estimate of drug-likeness (QED) is 0.867. The van der Waals surface area contributed by atoms with Gasteiger partial charge in [-0.25, -0.2) is 4.98 Å². The number of carbonyl (C=O) groups excluding carboxylic acids is 1. The summed E-state index contributed by atoms with van der Waals surface area (Å²) in [4.78, 5) is 20.8. The van der Waals surface area contributed by atoms with Crippen molar-refractivity contribution in [3.63, 3.8) is 0 Å². The van der Waals surface area contributed by atoms with Crippen molar-refractivity contribution in [1.82, 2.24) is 19.4 Å². The van der Waals surface area contributed by atoms with Crippen LogP contribution in [0.1, 0.15) is 44.2 Å². The van der Waals surface area contributed by atoms with E-state index in [9.17, 15) is 4.79 Å². The molecule has 5 nitrogen and oxygen atoms in total. The summed E-state index contributed by atoms with van der Waals surface area (Å²) < 4.78 is 2.22. The summed E-state index contributed by atoms with van der Waals surface area (Å²) in [7, 11) is 0. The van der Waals surface area contributed by atoms with Crippen LogP contribution in [-0.2, 0) is 11.3 Å². The fourth-order valence-corrected chi connectivity index (χ4v) is 3.41. The van der Waals surface area contributed by atoms with Gasteiger partial charge in [0.05, 0.1) is 12.6 Å². The first-order valence-electron chi connectivity index (χ1n) is 8.62. The Labute approximate surface area is 143 Å². The Hall–Kier alpha value is -2.14. The summed E-state index contributed by atoms with van der Waals surface area (Å²) in [5, 5.41) is 0. The summed E-state index contributed by atoms with van der Waals surface area (Å²) in [6.07, 6.45) is 3.92. The van der Waals surface area contributed by atoms with E-state index in [1.165, 1.54) is 5.56 Å². The average Bonchev–Trinajstić information content (AvgIpc) is 3.04. The molecule has 128 valence electrons. The van der Waals surface area contributed by atoms with Crippen molar-refractivity contribution >= 4 is 5.91 Å². The largest absolute Gasteiger partial charge is 0.340 e. The molecule has 0 saturated carbocycles. The molecule has 1 aromatic heterocycles. The topological polar surface area (TPSA) is 41.4 Å². The van der Waals surface area contributed by atoms with Crippen LogP contribution in [0.2, 0.25) is 0 Å². The fraction of sp³-hybridized carbons (Fsp3) is 0.474. The molecule has 2 heterocycles. The Balaban J connectivity index is 1.84. The molecule has 0 spiro atoms. The summed E-state index contributed by atoms with van der Waals surface area (Å²) in [6, 6.07) is 11.1. The van der Waals surface area contributed by atoms with Crippen LogP contribution in [0.15, 0.2) is 42.7 Å². The lowest BCUT2D eigenvalue weighted by molar-refractivity contribution is -0.132. The molecule has 0 N–H and O–H groups in total. The number of amides is 1. The summed E-state index contributed by atoms with van der Waals surface area (Å²) in [5.74, 6) is 1.24. The van der Waals surface area contributed by atoms with Gasteiger partial charge in [0.2, 0.25) is 5.91 Å². The predicted octanol–water partition coefficient (Wildman–Crippen LogP) is 2.87. The van der Waals surface area contributed by atoms with Crippen LogP contribution in [0, 0.1) is 0 Å². The van der Waals surface area contributed by atoms with Crippen molar-refractivity contribution in [1.29, 1.82) is 0 Å². The molecule has 24 heavy (non-hydrogen) atoms. The minimum Gasteiger partial charge on any atom is -0.340 e. The smallest absolute Gasteiger partial charge is 0.219 e. The molecule has 1 amide bonds. The molecular formula is C19H26N4O. The maximum absolute atomic E-state index is 11.8. The van der Waals surface area contributed by atoms with Crippen molar-refractivity contribution < 1.29 is 4.79 Å². The van der Waals surface area contributed by atoms with E-state index in [0.717, 1.165) is 32.0 Å². The van der Waals surface area contributed by atoms with Crippen LogP contribution in [0.3, 0.4) is 0 Å². The van der Waals surface area contributed by atoms with E-state index in [-0.39, 0.29) is 11.9 Å². The van der Waals surface area contributed by atoms with Gasteiger partial charge in [0.25, 0.3) is 0 Å². The standard InChI is InChI=1S/C19H26N4O/c1-15(2)23-10-9-20-19(23)14-22-12-11-21(16(3)24)13-18(22)17-7-5-4-6-8-17/h4-10,15,18H,11-14H2,1-3H3/t18-/m0/s1. The van der Waals surface area contributed by atoms with Gasteiger partial charge >= 0.3 is 0 Å². The summed E-state index contributed by atoms with van der Waals surface area (Å²) in [6.45, 7) is 9.19. The zero-order valence-electron chi connectivity index (χ0n) is 14.7. The van der Waals surface area contributed by atoms with Crippen LogP contribution in [0.25, 0.3) is 0 Å². The van der Waals surface area contributed by atoms with Gasteiger partial charge in [-0.3, -0.25) is 9.69 Å². The zero-order chi connectivity index (χ0) is 17.1. The number of piperazine rings is 1. The van der Waals surface area contributed by atoms with Gasteiger partial charge in [-0.2, -0.15) is 0 Å². The van der Waals surface area contributed by atoms with E-state index in [2.05, 4.69) is 52.6 Å². The van der Waals surface area contributed by atoms with Crippen LogP contribution in [0.5, 0.6) is 0 Å². The number of benzene rings is 1. The molecule has 3 rings (SSSR count). The van der Waals surface area contributed by atoms with E-state index < -0.39 is 0 Å². The van der Waals surface area contributed by atoms with Crippen molar-refractivity contribution in [3.05, 3.63) is 54.1 Å². The Morgan fingerprint density at radius 3 is 2.67 bits per heavy atom. The van der Waals surface area contributed by atoms with E-state index in [1.807, 2.05) is 23.4 Å². The van der Waals surface area contributed by atoms with E-state index in [1.54, 1.807) is 6.92 Å². The second kappa shape index (κ2) is 7.18. The third-order valence-corrected chi connectivity index (χ3v) is 4.77. The number of hydrogen-bond donors (Lipinski definition) is 0. The first-order chi connectivity index (χ1) is 11.6. The highest BCUT2D eigenvalue weighted by molar-refractivity contribution is 5.73. The summed E-state index contributed by atoms with van der Waals surface area (Å²) >= 11 is 0. The number of carbonyl (C=O) groups is 1. The highest BCUT2D eigenvalue weighted by atomic mass is 16.2. The van der Waals surface area contributed by atoms with Gasteiger partial charge in [-0.05, 0) is 19.4 Å². The SMILES string of the molecule is CC(=O)N1CCN(Cc2nccn2C(C)C)[C@H](c2ccccc2)C1. The lowest BCUT2D eigenvalue weighted by Crippen LogP contribution is -2.49. The number of nitrogens with zero attached hydrogens (tertiary/aromatic N) is 4. The lowest BCUT2D eigenvalue weighted by atomic mass is 10.0. The third kappa shape index (κ3) is 3.51. The first kappa shape index (κ1) is 16.7. The highest BCUT2D eigenvalue weighted by Gasteiger charge is 2.30. The molecule has 1 aliphatic heterocycles. The molecule has 1 saturated heterocycles. The van der Waals surface area contributed by atoms with Crippen molar-refractivity contribution in [2.75, 3.05) is 19.6 Å². The number of rotatable bonds is 4. The maximum Gasteiger partial charge on any atom is 0.219 e. The maximum atomic E-state index is 11.8. The number of imidazole rings is 1. The van der Waals surface area contributed by atoms with Gasteiger partial charge in [-0.1, -0.05) is 30.3 Å². The van der Waals surface area contributed by atoms with E-state index in [0.29, 0.717) is 6.04 Å². The van der Waals surface area contributed by atoms with Gasteiger partial charge in [0.15, 0.2) is 0 Å². The zero-order valence-corrected chi connectivity index (χ0v) is 14.7. The summed E-state index contributed by atoms with van der Waals surface area (Å²) in [5.41, 5.74) is 1.26. The van der Waals surface area contributed by atoms with Crippen LogP contribution < -0.4 is 0 Å². The Morgan fingerprint density at radius 1 is 1.25 bits per heavy atom. The van der Waals surface area contributed by atoms with Gasteiger partial charge in [-0.15, -0.1) is 0 Å². The van der Waals surface area contributed by atoms with Crippen LogP contribution in [0.4, 0.5) is 0 Å². The lowest BCUT2D eigenvalue weighted by Gasteiger charge is -2.41. The second-order valence-corrected chi connectivity index (χ2v) is 6.71. The predicted molar refractivity (Wildman–Crippen MR) is 94.5 cm³/mol. The minimum atomic E-state index is 0.152. The fourth-order valence-electron chi connectivity index (χ4n) is 3.41. The molecule has 0 unspecified atom stereocenters. The second-order valence-electron chi connectivity index (χ2n) is 6.71. The van der Waals surface area contributed by atoms with E-state index in [4.69, 9.17) is 0 Å². The van der Waals surface area contributed by atoms with Gasteiger partial charge < -0.3 is 9.47 Å². The molecular weight excluding hydrogens is 300 g/mol. The van der Waals surface area contributed by atoms with Crippen molar-refractivity contribution in [3.8, 4) is 0 Å². The third-order valence-electron chi connectivity index (χ3n) is 4.77. The Morgan fingerprint density at radius 2 is 2.00 bits per heavy atom. The average molecular weight is 326 g/mol. The van der Waals surface area contributed by atoms with Crippen molar-refractivity contribution in [2.45, 2.75) is 39.4 Å². The molecule has 1 fully saturated rings. The molecule has 1 aliphatic rings. The minimum absolute atomic E-state index is 0.152. The molecule has 0 aliphatic carbocycles. The van der Waals surface area contributed by atoms with Gasteiger partial charge in [0.1, 0.15) is 5.82 Å². The molecule has 1 atom stereocenters. The number of hydrogen-bond acceptors (Lipinski definition) is 3. The molecule has 0 bridgehead atoms. The highest BCUT2D eigenvalue weighted by Crippen LogP contribution is 2.27. The monoisotopic (exact) mass is 326 g/mol. The van der Waals surface area contributed by atoms with E-state index >= 15 is 0 Å². The Kier molecular flexibility index (Phi) is 5.00. The van der Waals surface area contributed by atoms with Crippen molar-refractivity contribution in [2.24, 2.45) is 0 Å². The number of aromatic nitrogens is 2. The van der Waals surface area contributed by atoms with Crippen LogP contribution in [-0.4, -0.2) is 44.9 Å². The Bertz CT molecular complexity index is 680. The molecule has 0 radical (unpaired) electrons. The van der Waals surface area contributed by atoms with Gasteiger partial charge in [0, 0.05) is 45.0 Å². The normalized spacial score (nSPS) is 19.0. The molecule has 2 aromatic rings.